The van der Waals surface area contributed by atoms with Gasteiger partial charge in [-0.3, -0.25) is 4.79 Å². The van der Waals surface area contributed by atoms with Gasteiger partial charge in [0.2, 0.25) is 0 Å². The van der Waals surface area contributed by atoms with Gasteiger partial charge < -0.3 is 14.8 Å². The van der Waals surface area contributed by atoms with E-state index in [1.807, 2.05) is 38.1 Å². The van der Waals surface area contributed by atoms with Gasteiger partial charge in [-0.25, -0.2) is 0 Å². The smallest absolute Gasteiger partial charge is 0.255 e. The van der Waals surface area contributed by atoms with E-state index < -0.39 is 0 Å². The Hall–Kier alpha value is -2.20. The molecule has 0 bridgehead atoms. The second-order valence-corrected chi connectivity index (χ2v) is 6.10. The molecule has 0 spiro atoms. The minimum Gasteiger partial charge on any atom is -0.490 e. The molecule has 0 aliphatic heterocycles. The summed E-state index contributed by atoms with van der Waals surface area (Å²) in [6.07, 6.45) is 1.95. The van der Waals surface area contributed by atoms with E-state index in [-0.39, 0.29) is 5.91 Å². The Morgan fingerprint density at radius 2 is 1.92 bits per heavy atom. The lowest BCUT2D eigenvalue weighted by Crippen LogP contribution is -2.13. The number of unbranched alkanes of at least 4 members (excludes halogenated alkanes) is 1. The lowest BCUT2D eigenvalue weighted by molar-refractivity contribution is 0.102. The molecule has 0 fully saturated rings. The Morgan fingerprint density at radius 1 is 1.16 bits per heavy atom. The number of anilines is 1. The zero-order valence-corrected chi connectivity index (χ0v) is 15.7. The quantitative estimate of drug-likeness (QED) is 0.633. The van der Waals surface area contributed by atoms with Gasteiger partial charge in [0.1, 0.15) is 0 Å². The predicted octanol–water partition coefficient (Wildman–Crippen LogP) is 5.48. The van der Waals surface area contributed by atoms with Crippen LogP contribution in [-0.4, -0.2) is 19.1 Å². The molecule has 0 aliphatic carbocycles. The summed E-state index contributed by atoms with van der Waals surface area (Å²) in [6.45, 7) is 6.94. The molecular weight excluding hydrogens is 338 g/mol. The third kappa shape index (κ3) is 5.13. The molecule has 0 atom stereocenters. The van der Waals surface area contributed by atoms with Crippen LogP contribution in [0.3, 0.4) is 0 Å². The number of hydrogen-bond donors (Lipinski definition) is 1. The minimum absolute atomic E-state index is 0.239. The number of hydrogen-bond acceptors (Lipinski definition) is 3. The number of halogens is 1. The SMILES string of the molecule is CCCCOc1c(Cl)cc(C(=O)Nc2ccccc2C)cc1OCC. The number of para-hydroxylation sites is 1. The molecule has 0 saturated heterocycles. The summed E-state index contributed by atoms with van der Waals surface area (Å²) < 4.78 is 11.4. The van der Waals surface area contributed by atoms with Crippen LogP contribution in [0.2, 0.25) is 5.02 Å². The van der Waals surface area contributed by atoms with Crippen molar-refractivity contribution in [1.82, 2.24) is 0 Å². The Morgan fingerprint density at radius 3 is 2.60 bits per heavy atom. The summed E-state index contributed by atoms with van der Waals surface area (Å²) in [5.41, 5.74) is 2.19. The van der Waals surface area contributed by atoms with Gasteiger partial charge >= 0.3 is 0 Å². The van der Waals surface area contributed by atoms with E-state index >= 15 is 0 Å². The highest BCUT2D eigenvalue weighted by atomic mass is 35.5. The van der Waals surface area contributed by atoms with E-state index in [1.165, 1.54) is 0 Å². The molecule has 1 amide bonds. The van der Waals surface area contributed by atoms with E-state index in [9.17, 15) is 4.79 Å². The number of nitrogens with one attached hydrogen (secondary N) is 1. The molecule has 2 rings (SSSR count). The van der Waals surface area contributed by atoms with Crippen molar-refractivity contribution >= 4 is 23.2 Å². The highest BCUT2D eigenvalue weighted by Crippen LogP contribution is 2.37. The van der Waals surface area contributed by atoms with Crippen LogP contribution in [0.25, 0.3) is 0 Å². The van der Waals surface area contributed by atoms with Gasteiger partial charge in [0.25, 0.3) is 5.91 Å². The molecule has 0 heterocycles. The van der Waals surface area contributed by atoms with Crippen molar-refractivity contribution in [3.63, 3.8) is 0 Å². The normalized spacial score (nSPS) is 10.4. The minimum atomic E-state index is -0.239. The molecule has 5 heteroatoms. The Balaban J connectivity index is 2.25. The van der Waals surface area contributed by atoms with Crippen molar-refractivity contribution in [2.75, 3.05) is 18.5 Å². The van der Waals surface area contributed by atoms with Gasteiger partial charge in [-0.1, -0.05) is 43.1 Å². The Labute approximate surface area is 154 Å². The maximum absolute atomic E-state index is 12.6. The molecule has 2 aromatic carbocycles. The van der Waals surface area contributed by atoms with Crippen molar-refractivity contribution in [1.29, 1.82) is 0 Å². The number of aryl methyl sites for hydroxylation is 1. The fourth-order valence-electron chi connectivity index (χ4n) is 2.33. The largest absolute Gasteiger partial charge is 0.490 e. The standard InChI is InChI=1S/C20H24ClNO3/c1-4-6-11-25-19-16(21)12-15(13-18(19)24-5-2)20(23)22-17-10-8-7-9-14(17)3/h7-10,12-13H,4-6,11H2,1-3H3,(H,22,23). The summed E-state index contributed by atoms with van der Waals surface area (Å²) >= 11 is 6.34. The van der Waals surface area contributed by atoms with Crippen molar-refractivity contribution in [2.45, 2.75) is 33.6 Å². The molecule has 0 aromatic heterocycles. The number of carbonyl (C=O) groups is 1. The topological polar surface area (TPSA) is 47.6 Å². The first-order valence-electron chi connectivity index (χ1n) is 8.52. The van der Waals surface area contributed by atoms with Crippen molar-refractivity contribution in [3.8, 4) is 11.5 Å². The van der Waals surface area contributed by atoms with E-state index in [4.69, 9.17) is 21.1 Å². The molecule has 134 valence electrons. The van der Waals surface area contributed by atoms with Gasteiger partial charge in [0.05, 0.1) is 18.2 Å². The molecule has 4 nitrogen and oxygen atoms in total. The number of benzene rings is 2. The first-order valence-corrected chi connectivity index (χ1v) is 8.90. The molecule has 0 aliphatic rings. The van der Waals surface area contributed by atoms with Crippen LogP contribution in [0.15, 0.2) is 36.4 Å². The fourth-order valence-corrected chi connectivity index (χ4v) is 2.59. The maximum Gasteiger partial charge on any atom is 0.255 e. The average Bonchev–Trinajstić information content (AvgIpc) is 2.59. The van der Waals surface area contributed by atoms with Crippen LogP contribution in [0.5, 0.6) is 11.5 Å². The Kier molecular flexibility index (Phi) is 7.14. The third-order valence-corrected chi connectivity index (χ3v) is 3.99. The van der Waals surface area contributed by atoms with E-state index in [0.29, 0.717) is 35.3 Å². The predicted molar refractivity (Wildman–Crippen MR) is 102 cm³/mol. The lowest BCUT2D eigenvalue weighted by atomic mass is 10.1. The molecule has 0 radical (unpaired) electrons. The van der Waals surface area contributed by atoms with Crippen molar-refractivity contribution < 1.29 is 14.3 Å². The van der Waals surface area contributed by atoms with Crippen molar-refractivity contribution in [3.05, 3.63) is 52.5 Å². The fraction of sp³-hybridized carbons (Fsp3) is 0.350. The summed E-state index contributed by atoms with van der Waals surface area (Å²) in [5.74, 6) is 0.739. The van der Waals surface area contributed by atoms with E-state index in [1.54, 1.807) is 12.1 Å². The first-order chi connectivity index (χ1) is 12.1. The van der Waals surface area contributed by atoms with Crippen LogP contribution in [0.4, 0.5) is 5.69 Å². The molecular formula is C20H24ClNO3. The average molecular weight is 362 g/mol. The highest BCUT2D eigenvalue weighted by Gasteiger charge is 2.17. The summed E-state index contributed by atoms with van der Waals surface area (Å²) in [4.78, 5) is 12.6. The van der Waals surface area contributed by atoms with Gasteiger partial charge in [-0.15, -0.1) is 0 Å². The second-order valence-electron chi connectivity index (χ2n) is 5.69. The van der Waals surface area contributed by atoms with Gasteiger partial charge in [0.15, 0.2) is 11.5 Å². The zero-order valence-electron chi connectivity index (χ0n) is 14.9. The molecule has 25 heavy (non-hydrogen) atoms. The molecule has 0 unspecified atom stereocenters. The first kappa shape index (κ1) is 19.1. The number of rotatable bonds is 8. The molecule has 0 saturated carbocycles. The number of ether oxygens (including phenoxy) is 2. The Bertz CT molecular complexity index is 731. The van der Waals surface area contributed by atoms with Gasteiger partial charge in [-0.2, -0.15) is 0 Å². The zero-order chi connectivity index (χ0) is 18.2. The summed E-state index contributed by atoms with van der Waals surface area (Å²) in [5, 5.41) is 3.27. The van der Waals surface area contributed by atoms with Crippen molar-refractivity contribution in [2.24, 2.45) is 0 Å². The van der Waals surface area contributed by atoms with Gasteiger partial charge in [-0.05, 0) is 44.0 Å². The number of carbonyl (C=O) groups excluding carboxylic acids is 1. The van der Waals surface area contributed by atoms with Gasteiger partial charge in [0, 0.05) is 11.3 Å². The third-order valence-electron chi connectivity index (χ3n) is 3.71. The molecule has 1 N–H and O–H groups in total. The maximum atomic E-state index is 12.6. The van der Waals surface area contributed by atoms with Crippen LogP contribution in [-0.2, 0) is 0 Å². The summed E-state index contributed by atoms with van der Waals surface area (Å²) in [6, 6.07) is 10.9. The monoisotopic (exact) mass is 361 g/mol. The molecule has 2 aromatic rings. The van der Waals surface area contributed by atoms with E-state index in [2.05, 4.69) is 12.2 Å². The van der Waals surface area contributed by atoms with Crippen LogP contribution < -0.4 is 14.8 Å². The lowest BCUT2D eigenvalue weighted by Gasteiger charge is -2.15. The van der Waals surface area contributed by atoms with Crippen LogP contribution in [0.1, 0.15) is 42.6 Å². The van der Waals surface area contributed by atoms with E-state index in [0.717, 1.165) is 24.1 Å². The number of amides is 1. The summed E-state index contributed by atoms with van der Waals surface area (Å²) in [7, 11) is 0. The second kappa shape index (κ2) is 9.33. The van der Waals surface area contributed by atoms with Crippen LogP contribution >= 0.6 is 11.6 Å². The van der Waals surface area contributed by atoms with Crippen LogP contribution in [0, 0.1) is 6.92 Å². The highest BCUT2D eigenvalue weighted by molar-refractivity contribution is 6.32.